The number of morpholine rings is 1. The third kappa shape index (κ3) is 2.73. The fourth-order valence-electron chi connectivity index (χ4n) is 4.04. The van der Waals surface area contributed by atoms with Gasteiger partial charge in [-0.2, -0.15) is 4.31 Å². The number of fused-ring (bicyclic) bond motifs is 2. The molecular formula is C20H20N2O6S. The second-order valence-corrected chi connectivity index (χ2v) is 8.86. The number of hydrogen-bond acceptors (Lipinski definition) is 6. The molecule has 2 aromatic carbocycles. The zero-order valence-electron chi connectivity index (χ0n) is 15.6. The molecule has 29 heavy (non-hydrogen) atoms. The van der Waals surface area contributed by atoms with E-state index in [1.807, 2.05) is 0 Å². The Hall–Kier alpha value is -2.30. The molecule has 2 fully saturated rings. The molecule has 152 valence electrons. The third-order valence-corrected chi connectivity index (χ3v) is 7.32. The average molecular weight is 416 g/mol. The van der Waals surface area contributed by atoms with Gasteiger partial charge in [-0.3, -0.25) is 9.69 Å². The molecule has 0 unspecified atom stereocenters. The Morgan fingerprint density at radius 3 is 2.17 bits per heavy atom. The smallest absolute Gasteiger partial charge is 0.297 e. The number of carbonyl (C=O) groups is 1. The molecule has 0 N–H and O–H groups in total. The Morgan fingerprint density at radius 1 is 0.828 bits per heavy atom. The first-order chi connectivity index (χ1) is 14.1. The van der Waals surface area contributed by atoms with E-state index in [0.717, 1.165) is 0 Å². The zero-order valence-corrected chi connectivity index (χ0v) is 16.4. The summed E-state index contributed by atoms with van der Waals surface area (Å²) >= 11 is 0. The van der Waals surface area contributed by atoms with Crippen LogP contribution in [0.3, 0.4) is 0 Å². The van der Waals surface area contributed by atoms with E-state index >= 15 is 0 Å². The van der Waals surface area contributed by atoms with Crippen LogP contribution < -0.4 is 4.90 Å². The predicted octanol–water partition coefficient (Wildman–Crippen LogP) is 1.59. The highest BCUT2D eigenvalue weighted by Gasteiger charge is 2.57. The maximum atomic E-state index is 13.5. The number of hydrogen-bond donors (Lipinski definition) is 0. The van der Waals surface area contributed by atoms with E-state index < -0.39 is 21.7 Å². The molecular weight excluding hydrogens is 396 g/mol. The minimum atomic E-state index is -3.81. The fourth-order valence-corrected chi connectivity index (χ4v) is 5.62. The molecule has 0 atom stereocenters. The highest BCUT2D eigenvalue weighted by atomic mass is 32.2. The van der Waals surface area contributed by atoms with Gasteiger partial charge < -0.3 is 14.2 Å². The summed E-state index contributed by atoms with van der Waals surface area (Å²) in [5.74, 6) is -1.97. The van der Waals surface area contributed by atoms with Crippen LogP contribution in [0.4, 0.5) is 11.4 Å². The molecule has 3 heterocycles. The lowest BCUT2D eigenvalue weighted by Gasteiger charge is -2.29. The molecule has 8 nitrogen and oxygen atoms in total. The van der Waals surface area contributed by atoms with Crippen LogP contribution in [0.2, 0.25) is 0 Å². The van der Waals surface area contributed by atoms with Crippen LogP contribution in [0.15, 0.2) is 53.4 Å². The summed E-state index contributed by atoms with van der Waals surface area (Å²) in [5, 5.41) is 0. The first-order valence-corrected chi connectivity index (χ1v) is 10.9. The van der Waals surface area contributed by atoms with E-state index in [1.54, 1.807) is 42.5 Å². The van der Waals surface area contributed by atoms with Gasteiger partial charge in [0, 0.05) is 18.7 Å². The van der Waals surface area contributed by atoms with Gasteiger partial charge in [0.05, 0.1) is 37.8 Å². The van der Waals surface area contributed by atoms with Crippen molar-refractivity contribution in [1.82, 2.24) is 4.31 Å². The number of sulfonamides is 1. The first kappa shape index (κ1) is 18.7. The Balaban J connectivity index is 1.65. The van der Waals surface area contributed by atoms with E-state index in [1.165, 1.54) is 15.3 Å². The standard InChI is InChI=1S/C20H20N2O6S/c23-19-20(27-13-14-28-20)15-5-1-2-6-16(15)22(19)17-7-3-4-8-18(17)29(24,25)21-9-11-26-12-10-21/h1-8H,9-14H2. The summed E-state index contributed by atoms with van der Waals surface area (Å²) in [6, 6.07) is 13.7. The van der Waals surface area contributed by atoms with Crippen LogP contribution in [0.1, 0.15) is 5.56 Å². The molecule has 2 saturated heterocycles. The van der Waals surface area contributed by atoms with Crippen molar-refractivity contribution >= 4 is 27.3 Å². The van der Waals surface area contributed by atoms with Gasteiger partial charge >= 0.3 is 0 Å². The van der Waals surface area contributed by atoms with Crippen molar-refractivity contribution in [3.8, 4) is 0 Å². The average Bonchev–Trinajstić information content (AvgIpc) is 3.34. The molecule has 1 amide bonds. The van der Waals surface area contributed by atoms with Gasteiger partial charge in [-0.1, -0.05) is 30.3 Å². The monoisotopic (exact) mass is 416 g/mol. The number of amides is 1. The summed E-state index contributed by atoms with van der Waals surface area (Å²) in [6.07, 6.45) is 0. The molecule has 1 spiro atoms. The molecule has 3 aliphatic heterocycles. The van der Waals surface area contributed by atoms with Crippen LogP contribution in [-0.4, -0.2) is 58.1 Å². The maximum absolute atomic E-state index is 13.5. The summed E-state index contributed by atoms with van der Waals surface area (Å²) < 4.78 is 44.9. The van der Waals surface area contributed by atoms with E-state index in [0.29, 0.717) is 37.7 Å². The van der Waals surface area contributed by atoms with Crippen LogP contribution in [0.25, 0.3) is 0 Å². The first-order valence-electron chi connectivity index (χ1n) is 9.45. The van der Waals surface area contributed by atoms with Crippen molar-refractivity contribution < 1.29 is 27.4 Å². The number of rotatable bonds is 3. The number of ether oxygens (including phenoxy) is 3. The number of anilines is 2. The summed E-state index contributed by atoms with van der Waals surface area (Å²) in [7, 11) is -3.81. The maximum Gasteiger partial charge on any atom is 0.297 e. The summed E-state index contributed by atoms with van der Waals surface area (Å²) in [6.45, 7) is 1.83. The number of benzene rings is 2. The van der Waals surface area contributed by atoms with Gasteiger partial charge in [0.15, 0.2) is 0 Å². The van der Waals surface area contributed by atoms with Crippen molar-refractivity contribution in [2.75, 3.05) is 44.4 Å². The largest absolute Gasteiger partial charge is 0.379 e. The minimum Gasteiger partial charge on any atom is -0.379 e. The Kier molecular flexibility index (Phi) is 4.45. The van der Waals surface area contributed by atoms with Gasteiger partial charge in [-0.05, 0) is 18.2 Å². The molecule has 5 rings (SSSR count). The predicted molar refractivity (Wildman–Crippen MR) is 103 cm³/mol. The van der Waals surface area contributed by atoms with Crippen molar-refractivity contribution in [2.45, 2.75) is 10.7 Å². The fraction of sp³-hybridized carbons (Fsp3) is 0.350. The zero-order chi connectivity index (χ0) is 20.1. The van der Waals surface area contributed by atoms with Gasteiger partial charge in [-0.15, -0.1) is 0 Å². The molecule has 0 aromatic heterocycles. The van der Waals surface area contributed by atoms with Gasteiger partial charge in [0.25, 0.3) is 11.7 Å². The second kappa shape index (κ2) is 6.89. The van der Waals surface area contributed by atoms with Gasteiger partial charge in [0.1, 0.15) is 4.90 Å². The van der Waals surface area contributed by atoms with Crippen molar-refractivity contribution in [3.05, 3.63) is 54.1 Å². The SMILES string of the molecule is O=C1N(c2ccccc2S(=O)(=O)N2CCOCC2)c2ccccc2C12OCCO2. The topological polar surface area (TPSA) is 85.4 Å². The normalized spacial score (nSPS) is 21.7. The van der Waals surface area contributed by atoms with Crippen molar-refractivity contribution in [1.29, 1.82) is 0 Å². The number of para-hydroxylation sites is 2. The van der Waals surface area contributed by atoms with E-state index in [2.05, 4.69) is 0 Å². The molecule has 0 aliphatic carbocycles. The van der Waals surface area contributed by atoms with Gasteiger partial charge in [-0.25, -0.2) is 8.42 Å². The van der Waals surface area contributed by atoms with Crippen LogP contribution in [0.5, 0.6) is 0 Å². The van der Waals surface area contributed by atoms with Crippen LogP contribution in [0, 0.1) is 0 Å². The summed E-state index contributed by atoms with van der Waals surface area (Å²) in [5.41, 5.74) is 1.43. The number of carbonyl (C=O) groups excluding carboxylic acids is 1. The lowest BCUT2D eigenvalue weighted by atomic mass is 10.1. The quantitative estimate of drug-likeness (QED) is 0.755. The minimum absolute atomic E-state index is 0.0695. The van der Waals surface area contributed by atoms with E-state index in [4.69, 9.17) is 14.2 Å². The van der Waals surface area contributed by atoms with Gasteiger partial charge in [0.2, 0.25) is 10.0 Å². The van der Waals surface area contributed by atoms with Crippen LogP contribution in [-0.2, 0) is 34.8 Å². The third-order valence-electron chi connectivity index (χ3n) is 5.37. The lowest BCUT2D eigenvalue weighted by Crippen LogP contribution is -2.42. The van der Waals surface area contributed by atoms with Crippen molar-refractivity contribution in [3.63, 3.8) is 0 Å². The Bertz CT molecular complexity index is 1060. The molecule has 3 aliphatic rings. The summed E-state index contributed by atoms with van der Waals surface area (Å²) in [4.78, 5) is 15.0. The van der Waals surface area contributed by atoms with E-state index in [9.17, 15) is 13.2 Å². The highest BCUT2D eigenvalue weighted by molar-refractivity contribution is 7.89. The van der Waals surface area contributed by atoms with Crippen LogP contribution >= 0.6 is 0 Å². The molecule has 0 radical (unpaired) electrons. The lowest BCUT2D eigenvalue weighted by molar-refractivity contribution is -0.180. The Morgan fingerprint density at radius 2 is 1.45 bits per heavy atom. The molecule has 2 aromatic rings. The second-order valence-electron chi connectivity index (χ2n) is 6.96. The molecule has 9 heteroatoms. The van der Waals surface area contributed by atoms with E-state index in [-0.39, 0.29) is 23.7 Å². The highest BCUT2D eigenvalue weighted by Crippen LogP contribution is 2.49. The Labute approximate surface area is 168 Å². The molecule has 0 saturated carbocycles. The van der Waals surface area contributed by atoms with Crippen molar-refractivity contribution in [2.24, 2.45) is 0 Å². The number of nitrogens with zero attached hydrogens (tertiary/aromatic N) is 2. The molecule has 0 bridgehead atoms.